The average molecular weight is 459 g/mol. The summed E-state index contributed by atoms with van der Waals surface area (Å²) in [5.74, 6) is 0.747. The van der Waals surface area contributed by atoms with E-state index < -0.39 is 5.69 Å². The standard InChI is InChI=1S/C24H43O2PS2/c1-3-5-7-9-11-13-15-18-22-19-17-21-24(26-27(25,28)29)23(22)20-16-14-12-10-8-6-4-2/h17,19,21H,3-16,18,20H2,1-2H3,(H2,25,28,29). The van der Waals surface area contributed by atoms with E-state index in [1.165, 1.54) is 94.6 Å². The van der Waals surface area contributed by atoms with Gasteiger partial charge in [0.05, 0.1) is 0 Å². The summed E-state index contributed by atoms with van der Waals surface area (Å²) >= 11 is 9.12. The van der Waals surface area contributed by atoms with Crippen molar-refractivity contribution in [2.75, 3.05) is 0 Å². The zero-order valence-corrected chi connectivity index (χ0v) is 21.3. The van der Waals surface area contributed by atoms with Crippen LogP contribution >= 0.6 is 17.9 Å². The molecule has 0 radical (unpaired) electrons. The van der Waals surface area contributed by atoms with Gasteiger partial charge in [-0.05, 0) is 54.7 Å². The van der Waals surface area contributed by atoms with Gasteiger partial charge in [0.1, 0.15) is 5.75 Å². The van der Waals surface area contributed by atoms with Crippen molar-refractivity contribution in [2.45, 2.75) is 117 Å². The number of aryl methyl sites for hydroxylation is 1. The van der Waals surface area contributed by atoms with Crippen molar-refractivity contribution in [1.29, 1.82) is 0 Å². The van der Waals surface area contributed by atoms with Crippen molar-refractivity contribution in [3.63, 3.8) is 0 Å². The Balaban J connectivity index is 2.58. The quantitative estimate of drug-likeness (QED) is 0.131. The topological polar surface area (TPSA) is 29.5 Å². The van der Waals surface area contributed by atoms with Gasteiger partial charge < -0.3 is 9.42 Å². The van der Waals surface area contributed by atoms with Gasteiger partial charge in [0, 0.05) is 0 Å². The predicted octanol–water partition coefficient (Wildman–Crippen LogP) is 8.80. The van der Waals surface area contributed by atoms with Crippen LogP contribution in [0.25, 0.3) is 0 Å². The second kappa shape index (κ2) is 16.6. The molecule has 1 N–H and O–H groups in total. The third-order valence-electron chi connectivity index (χ3n) is 5.53. The van der Waals surface area contributed by atoms with Crippen LogP contribution in [0.4, 0.5) is 0 Å². The Morgan fingerprint density at radius 2 is 1.28 bits per heavy atom. The molecule has 168 valence electrons. The Morgan fingerprint density at radius 1 is 0.793 bits per heavy atom. The maximum Gasteiger partial charge on any atom is 0.291 e. The second-order valence-corrected chi connectivity index (χ2v) is 13.3. The number of hydrogen-bond acceptors (Lipinski definition) is 2. The maximum atomic E-state index is 9.96. The van der Waals surface area contributed by atoms with Crippen LogP contribution in [-0.4, -0.2) is 4.89 Å². The van der Waals surface area contributed by atoms with Crippen molar-refractivity contribution in [3.8, 4) is 5.75 Å². The molecule has 0 amide bonds. The SMILES string of the molecule is CCCCCCCCCc1cccc(OP(O)(=S)S)c1CCCCCCCCC. The monoisotopic (exact) mass is 458 g/mol. The van der Waals surface area contributed by atoms with E-state index >= 15 is 0 Å². The van der Waals surface area contributed by atoms with Crippen molar-refractivity contribution < 1.29 is 9.42 Å². The summed E-state index contributed by atoms with van der Waals surface area (Å²) in [7, 11) is 0. The summed E-state index contributed by atoms with van der Waals surface area (Å²) in [5, 5.41) is 0. The summed E-state index contributed by atoms with van der Waals surface area (Å²) in [6, 6.07) is 6.19. The largest absolute Gasteiger partial charge is 0.436 e. The van der Waals surface area contributed by atoms with Crippen LogP contribution in [0.2, 0.25) is 0 Å². The van der Waals surface area contributed by atoms with E-state index in [9.17, 15) is 4.89 Å². The van der Waals surface area contributed by atoms with Crippen molar-refractivity contribution >= 4 is 29.7 Å². The van der Waals surface area contributed by atoms with Gasteiger partial charge in [0.15, 0.2) is 0 Å². The molecule has 5 heteroatoms. The van der Waals surface area contributed by atoms with Crippen molar-refractivity contribution in [1.82, 2.24) is 0 Å². The van der Waals surface area contributed by atoms with E-state index in [0.29, 0.717) is 0 Å². The average Bonchev–Trinajstić information content (AvgIpc) is 2.67. The number of rotatable bonds is 18. The molecule has 1 atom stereocenters. The highest BCUT2D eigenvalue weighted by Gasteiger charge is 2.15. The maximum absolute atomic E-state index is 9.96. The van der Waals surface area contributed by atoms with E-state index in [1.54, 1.807) is 0 Å². The lowest BCUT2D eigenvalue weighted by atomic mass is 9.95. The molecule has 0 saturated carbocycles. The molecule has 0 aliphatic carbocycles. The molecule has 0 aliphatic rings. The van der Waals surface area contributed by atoms with Crippen LogP contribution in [0.3, 0.4) is 0 Å². The Labute approximate surface area is 190 Å². The van der Waals surface area contributed by atoms with E-state index in [0.717, 1.165) is 25.0 Å². The van der Waals surface area contributed by atoms with Gasteiger partial charge in [-0.1, -0.05) is 115 Å². The van der Waals surface area contributed by atoms with Gasteiger partial charge in [-0.3, -0.25) is 0 Å². The third kappa shape index (κ3) is 13.8. The molecule has 0 aliphatic heterocycles. The predicted molar refractivity (Wildman–Crippen MR) is 136 cm³/mol. The molecule has 2 nitrogen and oxygen atoms in total. The fourth-order valence-electron chi connectivity index (χ4n) is 3.87. The highest BCUT2D eigenvalue weighted by atomic mass is 32.9. The van der Waals surface area contributed by atoms with Crippen LogP contribution in [-0.2, 0) is 24.6 Å². The number of benzene rings is 1. The molecule has 0 heterocycles. The fourth-order valence-corrected chi connectivity index (χ4v) is 4.81. The van der Waals surface area contributed by atoms with Crippen LogP contribution in [0.15, 0.2) is 18.2 Å². The van der Waals surface area contributed by atoms with Gasteiger partial charge >= 0.3 is 0 Å². The van der Waals surface area contributed by atoms with E-state index in [-0.39, 0.29) is 0 Å². The minimum absolute atomic E-state index is 0.747. The van der Waals surface area contributed by atoms with E-state index in [1.807, 2.05) is 12.1 Å². The molecule has 0 saturated heterocycles. The normalized spacial score (nSPS) is 13.4. The Kier molecular flexibility index (Phi) is 15.5. The van der Waals surface area contributed by atoms with E-state index in [4.69, 9.17) is 16.3 Å². The van der Waals surface area contributed by atoms with Gasteiger partial charge in [-0.15, -0.1) is 0 Å². The van der Waals surface area contributed by atoms with Gasteiger partial charge in [-0.25, -0.2) is 0 Å². The smallest absolute Gasteiger partial charge is 0.291 e. The Hall–Kier alpha value is -0.0200. The number of thiol groups is 1. The first-order valence-electron chi connectivity index (χ1n) is 11.8. The zero-order valence-electron chi connectivity index (χ0n) is 18.7. The highest BCUT2D eigenvalue weighted by Crippen LogP contribution is 2.48. The number of hydrogen-bond donors (Lipinski definition) is 2. The van der Waals surface area contributed by atoms with Gasteiger partial charge in [0.2, 0.25) is 0 Å². The van der Waals surface area contributed by atoms with Crippen LogP contribution < -0.4 is 4.52 Å². The van der Waals surface area contributed by atoms with Crippen molar-refractivity contribution in [2.24, 2.45) is 0 Å². The number of unbranched alkanes of at least 4 members (excludes halogenated alkanes) is 12. The van der Waals surface area contributed by atoms with Crippen LogP contribution in [0.1, 0.15) is 115 Å². The minimum atomic E-state index is -3.01. The molecule has 1 rings (SSSR count). The molecule has 0 aromatic heterocycles. The highest BCUT2D eigenvalue weighted by molar-refractivity contribution is 8.59. The Morgan fingerprint density at radius 3 is 1.79 bits per heavy atom. The lowest BCUT2D eigenvalue weighted by Crippen LogP contribution is -2.00. The second-order valence-electron chi connectivity index (χ2n) is 8.22. The zero-order chi connectivity index (χ0) is 21.4. The van der Waals surface area contributed by atoms with Gasteiger partial charge in [0.25, 0.3) is 5.69 Å². The lowest BCUT2D eigenvalue weighted by Gasteiger charge is -2.18. The third-order valence-corrected chi connectivity index (χ3v) is 6.43. The van der Waals surface area contributed by atoms with Gasteiger partial charge in [-0.2, -0.15) is 0 Å². The molecular formula is C24H43O2PS2. The Bertz CT molecular complexity index is 586. The molecule has 1 unspecified atom stereocenters. The minimum Gasteiger partial charge on any atom is -0.436 e. The summed E-state index contributed by atoms with van der Waals surface area (Å²) in [6.45, 7) is 4.52. The first-order valence-corrected chi connectivity index (χ1v) is 15.7. The summed E-state index contributed by atoms with van der Waals surface area (Å²) in [5.41, 5.74) is -0.411. The molecular weight excluding hydrogens is 415 g/mol. The molecule has 0 spiro atoms. The van der Waals surface area contributed by atoms with E-state index in [2.05, 4.69) is 32.2 Å². The molecule has 29 heavy (non-hydrogen) atoms. The summed E-state index contributed by atoms with van der Waals surface area (Å²) in [6.07, 6.45) is 20.4. The molecule has 1 aromatic carbocycles. The first kappa shape index (κ1) is 27.0. The fraction of sp³-hybridized carbons (Fsp3) is 0.750. The molecule has 1 aromatic rings. The van der Waals surface area contributed by atoms with Crippen molar-refractivity contribution in [3.05, 3.63) is 29.3 Å². The first-order chi connectivity index (χ1) is 14.0. The van der Waals surface area contributed by atoms with Crippen LogP contribution in [0.5, 0.6) is 5.75 Å². The summed E-state index contributed by atoms with van der Waals surface area (Å²) < 4.78 is 5.70. The molecule has 0 bridgehead atoms. The lowest BCUT2D eigenvalue weighted by molar-refractivity contribution is 0.497. The van der Waals surface area contributed by atoms with Crippen LogP contribution in [0, 0.1) is 0 Å². The summed E-state index contributed by atoms with van der Waals surface area (Å²) in [4.78, 5) is 9.96. The molecule has 0 fully saturated rings.